The molecule has 1 aromatic carbocycles. The predicted octanol–water partition coefficient (Wildman–Crippen LogP) is 4.98. The average Bonchev–Trinajstić information content (AvgIpc) is 4.07. The third-order valence-corrected chi connectivity index (χ3v) is 16.9. The molecule has 3 fully saturated rings. The highest BCUT2D eigenvalue weighted by atomic mass is 32.1. The molecule has 0 aliphatic carbocycles. The Labute approximate surface area is 435 Å². The second kappa shape index (κ2) is 24.9. The van der Waals surface area contributed by atoms with E-state index >= 15 is 0 Å². The van der Waals surface area contributed by atoms with Crippen molar-refractivity contribution >= 4 is 17.3 Å². The van der Waals surface area contributed by atoms with Crippen LogP contribution >= 0.6 is 11.3 Å². The summed E-state index contributed by atoms with van der Waals surface area (Å²) in [6, 6.07) is 6.43. The molecule has 0 bridgehead atoms. The maximum absolute atomic E-state index is 14.5. The highest BCUT2D eigenvalue weighted by molar-refractivity contribution is 7.13. The van der Waals surface area contributed by atoms with Gasteiger partial charge in [0.2, 0.25) is 0 Å². The minimum atomic E-state index is -1.85. The summed E-state index contributed by atoms with van der Waals surface area (Å²) in [5.41, 5.74) is -0.0819. The molecule has 3 aliphatic rings. The lowest BCUT2D eigenvalue weighted by Crippen LogP contribution is -2.61. The second-order valence-corrected chi connectivity index (χ2v) is 23.1. The van der Waals surface area contributed by atoms with Gasteiger partial charge in [-0.2, -0.15) is 0 Å². The van der Waals surface area contributed by atoms with Crippen molar-refractivity contribution in [3.05, 3.63) is 53.4 Å². The van der Waals surface area contributed by atoms with Crippen molar-refractivity contribution in [2.45, 2.75) is 204 Å². The largest absolute Gasteiger partial charge is 0.459 e. The highest BCUT2D eigenvalue weighted by Crippen LogP contribution is 2.40. The van der Waals surface area contributed by atoms with Gasteiger partial charge in [-0.05, 0) is 105 Å². The molecule has 0 spiro atoms. The lowest BCUT2D eigenvalue weighted by atomic mass is 9.77. The maximum atomic E-state index is 14.5. The van der Waals surface area contributed by atoms with Gasteiger partial charge in [0.1, 0.15) is 36.7 Å². The Bertz CT molecular complexity index is 2170. The number of aromatic nitrogens is 4. The van der Waals surface area contributed by atoms with Gasteiger partial charge in [0, 0.05) is 63.4 Å². The maximum Gasteiger partial charge on any atom is 0.311 e. The number of alkyl halides is 1. The van der Waals surface area contributed by atoms with E-state index in [1.807, 2.05) is 68.2 Å². The molecule has 0 radical (unpaired) electrons. The zero-order valence-corrected chi connectivity index (χ0v) is 46.0. The number of rotatable bonds is 15. The average molecular weight is 1050 g/mol. The molecule has 73 heavy (non-hydrogen) atoms. The van der Waals surface area contributed by atoms with E-state index in [2.05, 4.69) is 15.3 Å². The lowest BCUT2D eigenvalue weighted by Gasteiger charge is -2.49. The Hall–Kier alpha value is -3.09. The third-order valence-electron chi connectivity index (χ3n) is 16.1. The number of hydrogen-bond donors (Lipinski definition) is 5. The van der Waals surface area contributed by atoms with E-state index in [1.54, 1.807) is 76.2 Å². The van der Waals surface area contributed by atoms with Crippen LogP contribution in [0.5, 0.6) is 0 Å². The van der Waals surface area contributed by atoms with E-state index < -0.39 is 115 Å². The van der Waals surface area contributed by atoms with Crippen LogP contribution < -0.4 is 0 Å². The molecule has 5 heterocycles. The van der Waals surface area contributed by atoms with Gasteiger partial charge >= 0.3 is 5.97 Å². The summed E-state index contributed by atoms with van der Waals surface area (Å²) < 4.78 is 54.4. The van der Waals surface area contributed by atoms with Crippen molar-refractivity contribution in [2.75, 3.05) is 41.0 Å². The minimum absolute atomic E-state index is 0.0910. The number of hydrogen-bond acceptors (Lipinski definition) is 18. The number of aliphatic hydroxyl groups excluding tert-OH is 3. The molecule has 3 saturated heterocycles. The summed E-state index contributed by atoms with van der Waals surface area (Å²) in [5.74, 6) is -2.84. The lowest BCUT2D eigenvalue weighted by molar-refractivity contribution is -0.318. The Morgan fingerprint density at radius 3 is 2.33 bits per heavy atom. The summed E-state index contributed by atoms with van der Waals surface area (Å²) in [6.07, 6.45) is -4.81. The van der Waals surface area contributed by atoms with Gasteiger partial charge in [0.05, 0.1) is 63.7 Å². The Morgan fingerprint density at radius 2 is 1.70 bits per heavy atom. The number of nitrogens with zero attached hydrogens (tertiary/aromatic N) is 6. The van der Waals surface area contributed by atoms with Crippen LogP contribution in [-0.2, 0) is 46.1 Å². The van der Waals surface area contributed by atoms with Gasteiger partial charge < -0.3 is 63.8 Å². The number of esters is 1. The number of cyclic esters (lactones) is 1. The van der Waals surface area contributed by atoms with Gasteiger partial charge in [0.15, 0.2) is 12.6 Å². The zero-order valence-electron chi connectivity index (χ0n) is 45.2. The van der Waals surface area contributed by atoms with Crippen LogP contribution in [0.2, 0.25) is 0 Å². The third kappa shape index (κ3) is 13.9. The molecule has 5 N–H and O–H groups in total. The van der Waals surface area contributed by atoms with Crippen LogP contribution in [0.4, 0.5) is 4.39 Å². The monoisotopic (exact) mass is 1050 g/mol. The summed E-state index contributed by atoms with van der Waals surface area (Å²) in [5, 5.41) is 68.5. The van der Waals surface area contributed by atoms with Crippen LogP contribution in [-0.4, -0.2) is 193 Å². The van der Waals surface area contributed by atoms with E-state index in [4.69, 9.17) is 28.4 Å². The van der Waals surface area contributed by atoms with E-state index in [9.17, 15) is 34.7 Å². The van der Waals surface area contributed by atoms with Crippen LogP contribution in [0, 0.1) is 17.8 Å². The number of carbonyl (C=O) groups is 1. The van der Waals surface area contributed by atoms with Crippen molar-refractivity contribution in [3.63, 3.8) is 0 Å². The molecule has 6 rings (SSSR count). The molecule has 3 aromatic rings. The first-order valence-electron chi connectivity index (χ1n) is 26.0. The Kier molecular flexibility index (Phi) is 20.2. The van der Waals surface area contributed by atoms with Crippen molar-refractivity contribution in [1.29, 1.82) is 0 Å². The molecule has 3 aliphatic heterocycles. The normalized spacial score (nSPS) is 39.2. The molecule has 0 unspecified atom stereocenters. The molecule has 20 heteroatoms. The number of aliphatic hydroxyl groups is 5. The SMILES string of the molecule is CC[C@H]1OC(=O)[C@H](C)[C@@H](O[C@H]2C[C@@](C)(OC)[C@@H](O)[C@H](C)O2)[C@H](C)[C@@H](O[C@@H]2O[C@H](C)C[C@H](N(C)CCc3cn([C@H](CF)Cc4ccc(-c5cncs5)cc4)nn3)[C@H]2O)[C@](C)(O)C[C@@H](C)CN(C)[C@H](C)[C@@H](O)[C@]1(C)O. The molecule has 2 aromatic heterocycles. The van der Waals surface area contributed by atoms with Gasteiger partial charge in [-0.1, -0.05) is 50.3 Å². The highest BCUT2D eigenvalue weighted by Gasteiger charge is 2.53. The standard InChI is InChI=1S/C53H85FN6O12S/c1-14-42-53(10,66)46(62)34(6)59(12)27-30(2)23-51(8,65)48(32(4)45(33(5)49(64)70-42)71-43-24-52(9,67-13)47(63)35(7)69-43)72-50-44(61)40(21-31(3)68-50)58(11)20-19-38-28-60(57-56-38)39(25-54)22-36-15-17-37(18-16-36)41-26-55-29-73-41/h15-18,26,28-35,39-40,42-48,50,61-63,65-66H,14,19-25,27H2,1-13H3/t30-,31-,32+,33-,34-,35+,39+,40+,42-,43+,44-,45+,46-,47+,48-,50+,51-,52-,53-/m1/s1. The summed E-state index contributed by atoms with van der Waals surface area (Å²) in [7, 11) is 5.23. The number of thiazole rings is 1. The molecular formula is C53H85FN6O12S. The number of carbonyl (C=O) groups excluding carboxylic acids is 1. The summed E-state index contributed by atoms with van der Waals surface area (Å²) >= 11 is 1.56. The first kappa shape index (κ1) is 59.2. The molecule has 18 nitrogen and oxygen atoms in total. The minimum Gasteiger partial charge on any atom is -0.459 e. The van der Waals surface area contributed by atoms with Crippen LogP contribution in [0.1, 0.15) is 112 Å². The van der Waals surface area contributed by atoms with E-state index in [0.29, 0.717) is 38.0 Å². The Morgan fingerprint density at radius 1 is 1.00 bits per heavy atom. The summed E-state index contributed by atoms with van der Waals surface area (Å²) in [6.45, 7) is 17.7. The van der Waals surface area contributed by atoms with E-state index in [1.165, 1.54) is 14.0 Å². The van der Waals surface area contributed by atoms with Crippen LogP contribution in [0.15, 0.2) is 42.2 Å². The second-order valence-electron chi connectivity index (χ2n) is 22.2. The topological polar surface area (TPSA) is 224 Å². The van der Waals surface area contributed by atoms with Gasteiger partial charge in [0.25, 0.3) is 0 Å². The van der Waals surface area contributed by atoms with E-state index in [-0.39, 0.29) is 31.3 Å². The van der Waals surface area contributed by atoms with Gasteiger partial charge in [-0.3, -0.25) is 9.78 Å². The smallest absolute Gasteiger partial charge is 0.311 e. The van der Waals surface area contributed by atoms with Crippen LogP contribution in [0.25, 0.3) is 10.4 Å². The first-order chi connectivity index (χ1) is 34.3. The van der Waals surface area contributed by atoms with Crippen molar-refractivity contribution in [2.24, 2.45) is 17.8 Å². The van der Waals surface area contributed by atoms with Gasteiger partial charge in [-0.15, -0.1) is 16.4 Å². The molecular weight excluding hydrogens is 964 g/mol. The van der Waals surface area contributed by atoms with Crippen molar-refractivity contribution < 1.29 is 63.1 Å². The number of methoxy groups -OCH3 is 1. The fraction of sp³-hybridized carbons (Fsp3) is 0.774. The Balaban J connectivity index is 1.25. The summed E-state index contributed by atoms with van der Waals surface area (Å²) in [4.78, 5) is 23.7. The molecule has 0 saturated carbocycles. The van der Waals surface area contributed by atoms with Crippen molar-refractivity contribution in [3.8, 4) is 10.4 Å². The number of ether oxygens (including phenoxy) is 6. The fourth-order valence-electron chi connectivity index (χ4n) is 11.4. The molecule has 412 valence electrons. The first-order valence-corrected chi connectivity index (χ1v) is 26.9. The number of halogens is 1. The quantitative estimate of drug-likeness (QED) is 0.127. The predicted molar refractivity (Wildman–Crippen MR) is 273 cm³/mol. The zero-order chi connectivity index (χ0) is 53.7. The fourth-order valence-corrected chi connectivity index (χ4v) is 12.0. The number of benzene rings is 1. The molecule has 0 amide bonds. The molecule has 19 atom stereocenters. The van der Waals surface area contributed by atoms with Crippen LogP contribution in [0.3, 0.4) is 0 Å². The number of likely N-dealkylation sites (N-methyl/N-ethyl adjacent to an activating group) is 2. The van der Waals surface area contributed by atoms with E-state index in [0.717, 1.165) is 16.0 Å². The van der Waals surface area contributed by atoms with Crippen molar-refractivity contribution in [1.82, 2.24) is 29.8 Å². The van der Waals surface area contributed by atoms with Gasteiger partial charge in [-0.25, -0.2) is 9.07 Å².